The molecule has 110 valence electrons. The van der Waals surface area contributed by atoms with Crippen LogP contribution >= 0.6 is 0 Å². The number of hydrogen-bond acceptors (Lipinski definition) is 4. The van der Waals surface area contributed by atoms with Crippen LogP contribution in [0.1, 0.15) is 11.1 Å². The number of carbonyl (C=O) groups excluding carboxylic acids is 2. The molecule has 8 heteroatoms. The van der Waals surface area contributed by atoms with E-state index in [1.165, 1.54) is 12.1 Å². The summed E-state index contributed by atoms with van der Waals surface area (Å²) in [4.78, 5) is 21.9. The van der Waals surface area contributed by atoms with Crippen LogP contribution in [0, 0.1) is 13.8 Å². The molecule has 1 aromatic rings. The van der Waals surface area contributed by atoms with Crippen molar-refractivity contribution in [3.8, 4) is 0 Å². The number of sulfonamides is 1. The molecule has 0 saturated heterocycles. The van der Waals surface area contributed by atoms with E-state index in [4.69, 9.17) is 5.73 Å². The molecule has 0 saturated carbocycles. The summed E-state index contributed by atoms with van der Waals surface area (Å²) < 4.78 is 26.1. The lowest BCUT2D eigenvalue weighted by atomic mass is 10.1. The molecular weight excluding hydrogens is 282 g/mol. The van der Waals surface area contributed by atoms with Crippen LogP contribution in [0.15, 0.2) is 23.1 Å². The number of primary amides is 1. The lowest BCUT2D eigenvalue weighted by molar-refractivity contribution is -0.124. The number of hydrogen-bond donors (Lipinski definition) is 3. The molecule has 20 heavy (non-hydrogen) atoms. The maximum atomic E-state index is 12.0. The fraction of sp³-hybridized carbons (Fsp3) is 0.333. The number of aryl methyl sites for hydroxylation is 2. The number of benzene rings is 1. The normalized spacial score (nSPS) is 11.1. The van der Waals surface area contributed by atoms with Gasteiger partial charge in [0.2, 0.25) is 21.8 Å². The second-order valence-electron chi connectivity index (χ2n) is 4.31. The van der Waals surface area contributed by atoms with E-state index in [-0.39, 0.29) is 11.4 Å². The molecule has 0 fully saturated rings. The predicted molar refractivity (Wildman–Crippen MR) is 73.3 cm³/mol. The van der Waals surface area contributed by atoms with E-state index in [0.717, 1.165) is 11.1 Å². The van der Waals surface area contributed by atoms with Crippen molar-refractivity contribution in [3.05, 3.63) is 29.3 Å². The fourth-order valence-corrected chi connectivity index (χ4v) is 2.44. The van der Waals surface area contributed by atoms with Gasteiger partial charge in [-0.25, -0.2) is 13.1 Å². The molecule has 0 atom stereocenters. The van der Waals surface area contributed by atoms with Crippen LogP contribution in [0.2, 0.25) is 0 Å². The smallest absolute Gasteiger partial charge is 0.241 e. The summed E-state index contributed by atoms with van der Waals surface area (Å²) in [6.07, 6.45) is 0. The van der Waals surface area contributed by atoms with Crippen LogP contribution in [0.4, 0.5) is 0 Å². The predicted octanol–water partition coefficient (Wildman–Crippen LogP) is -0.817. The molecule has 2 amide bonds. The highest BCUT2D eigenvalue weighted by Gasteiger charge is 2.16. The summed E-state index contributed by atoms with van der Waals surface area (Å²) in [5.74, 6) is -1.33. The SMILES string of the molecule is Cc1ccc(S(=O)(=O)NCC(=O)NCC(N)=O)cc1C. The van der Waals surface area contributed by atoms with Gasteiger partial charge in [0.05, 0.1) is 18.0 Å². The Morgan fingerprint density at radius 2 is 1.80 bits per heavy atom. The lowest BCUT2D eigenvalue weighted by Crippen LogP contribution is -2.40. The second kappa shape index (κ2) is 6.49. The Kier molecular flexibility index (Phi) is 5.23. The molecule has 0 spiro atoms. The maximum Gasteiger partial charge on any atom is 0.241 e. The van der Waals surface area contributed by atoms with Gasteiger partial charge in [0.1, 0.15) is 0 Å². The molecule has 0 aromatic heterocycles. The van der Waals surface area contributed by atoms with Gasteiger partial charge in [0.25, 0.3) is 0 Å². The molecule has 0 bridgehead atoms. The summed E-state index contributed by atoms with van der Waals surface area (Å²) in [7, 11) is -3.76. The number of nitrogens with one attached hydrogen (secondary N) is 2. The first-order valence-electron chi connectivity index (χ1n) is 5.84. The molecule has 0 aliphatic rings. The summed E-state index contributed by atoms with van der Waals surface area (Å²) in [6.45, 7) is 2.89. The Morgan fingerprint density at radius 3 is 2.35 bits per heavy atom. The molecule has 1 rings (SSSR count). The average Bonchev–Trinajstić information content (AvgIpc) is 2.37. The van der Waals surface area contributed by atoms with Crippen LogP contribution in [-0.2, 0) is 19.6 Å². The van der Waals surface area contributed by atoms with Crippen LogP contribution < -0.4 is 15.8 Å². The van der Waals surface area contributed by atoms with Crippen molar-refractivity contribution in [2.45, 2.75) is 18.7 Å². The molecule has 0 unspecified atom stereocenters. The van der Waals surface area contributed by atoms with Gasteiger partial charge in [0.15, 0.2) is 0 Å². The van der Waals surface area contributed by atoms with Gasteiger partial charge in [0, 0.05) is 0 Å². The molecular formula is C12H17N3O4S. The largest absolute Gasteiger partial charge is 0.368 e. The van der Waals surface area contributed by atoms with Crippen LogP contribution in [0.25, 0.3) is 0 Å². The van der Waals surface area contributed by atoms with Gasteiger partial charge in [-0.15, -0.1) is 0 Å². The Morgan fingerprint density at radius 1 is 1.15 bits per heavy atom. The third kappa shape index (κ3) is 4.63. The maximum absolute atomic E-state index is 12.0. The van der Waals surface area contributed by atoms with Gasteiger partial charge >= 0.3 is 0 Å². The molecule has 1 aromatic carbocycles. The van der Waals surface area contributed by atoms with Gasteiger partial charge < -0.3 is 11.1 Å². The summed E-state index contributed by atoms with van der Waals surface area (Å²) in [6, 6.07) is 4.68. The van der Waals surface area contributed by atoms with Crippen molar-refractivity contribution in [2.75, 3.05) is 13.1 Å². The van der Waals surface area contributed by atoms with Crippen LogP contribution in [0.5, 0.6) is 0 Å². The monoisotopic (exact) mass is 299 g/mol. The number of rotatable bonds is 6. The quantitative estimate of drug-likeness (QED) is 0.636. The number of nitrogens with two attached hydrogens (primary N) is 1. The highest BCUT2D eigenvalue weighted by Crippen LogP contribution is 2.14. The highest BCUT2D eigenvalue weighted by atomic mass is 32.2. The van der Waals surface area contributed by atoms with Gasteiger partial charge in [-0.2, -0.15) is 0 Å². The number of carbonyl (C=O) groups is 2. The highest BCUT2D eigenvalue weighted by molar-refractivity contribution is 7.89. The first-order valence-corrected chi connectivity index (χ1v) is 7.32. The summed E-state index contributed by atoms with van der Waals surface area (Å²) >= 11 is 0. The van der Waals surface area contributed by atoms with Gasteiger partial charge in [-0.05, 0) is 37.1 Å². The van der Waals surface area contributed by atoms with Crippen LogP contribution in [-0.4, -0.2) is 33.3 Å². The molecule has 7 nitrogen and oxygen atoms in total. The second-order valence-corrected chi connectivity index (χ2v) is 6.08. The van der Waals surface area contributed by atoms with Crippen molar-refractivity contribution >= 4 is 21.8 Å². The standard InChI is InChI=1S/C12H17N3O4S/c1-8-3-4-10(5-9(8)2)20(18,19)15-7-12(17)14-6-11(13)16/h3-5,15H,6-7H2,1-2H3,(H2,13,16)(H,14,17). The summed E-state index contributed by atoms with van der Waals surface area (Å²) in [5, 5.41) is 2.19. The van der Waals surface area contributed by atoms with E-state index in [2.05, 4.69) is 10.0 Å². The zero-order valence-corrected chi connectivity index (χ0v) is 12.1. The van der Waals surface area contributed by atoms with E-state index >= 15 is 0 Å². The molecule has 0 aliphatic carbocycles. The minimum absolute atomic E-state index is 0.0864. The van der Waals surface area contributed by atoms with Crippen molar-refractivity contribution in [2.24, 2.45) is 5.73 Å². The van der Waals surface area contributed by atoms with E-state index in [1.807, 2.05) is 6.92 Å². The topological polar surface area (TPSA) is 118 Å². The molecule has 0 aliphatic heterocycles. The molecule has 0 radical (unpaired) electrons. The van der Waals surface area contributed by atoms with Crippen molar-refractivity contribution in [1.29, 1.82) is 0 Å². The van der Waals surface area contributed by atoms with E-state index in [1.54, 1.807) is 13.0 Å². The third-order valence-corrected chi connectivity index (χ3v) is 4.07. The Balaban J connectivity index is 2.68. The lowest BCUT2D eigenvalue weighted by Gasteiger charge is -2.08. The summed E-state index contributed by atoms with van der Waals surface area (Å²) in [5.41, 5.74) is 6.67. The average molecular weight is 299 g/mol. The van der Waals surface area contributed by atoms with Gasteiger partial charge in [-0.3, -0.25) is 9.59 Å². The Labute approximate surface area is 117 Å². The zero-order valence-electron chi connectivity index (χ0n) is 11.3. The van der Waals surface area contributed by atoms with E-state index < -0.39 is 28.4 Å². The van der Waals surface area contributed by atoms with E-state index in [9.17, 15) is 18.0 Å². The minimum atomic E-state index is -3.76. The van der Waals surface area contributed by atoms with Crippen molar-refractivity contribution < 1.29 is 18.0 Å². The zero-order chi connectivity index (χ0) is 15.3. The minimum Gasteiger partial charge on any atom is -0.368 e. The fourth-order valence-electron chi connectivity index (χ4n) is 1.37. The van der Waals surface area contributed by atoms with Crippen molar-refractivity contribution in [1.82, 2.24) is 10.0 Å². The third-order valence-electron chi connectivity index (χ3n) is 2.67. The van der Waals surface area contributed by atoms with Gasteiger partial charge in [-0.1, -0.05) is 6.07 Å². The molecule has 4 N–H and O–H groups in total. The first kappa shape index (κ1) is 16.1. The van der Waals surface area contributed by atoms with Crippen LogP contribution in [0.3, 0.4) is 0 Å². The number of amides is 2. The first-order chi connectivity index (χ1) is 9.22. The van der Waals surface area contributed by atoms with E-state index in [0.29, 0.717) is 0 Å². The molecule has 0 heterocycles. The Bertz CT molecular complexity index is 626. The Hall–Kier alpha value is -1.93. The van der Waals surface area contributed by atoms with Crippen molar-refractivity contribution in [3.63, 3.8) is 0 Å².